The molecule has 0 atom stereocenters. The Balaban J connectivity index is 1.86. The highest BCUT2D eigenvalue weighted by Crippen LogP contribution is 2.11. The third kappa shape index (κ3) is 4.53. The SMILES string of the molecule is O=C1CN(CCS(=O)(=O)Oc2ccccc2)CCN1. The largest absolute Gasteiger partial charge is 0.382 e. The number of rotatable bonds is 5. The van der Waals surface area contributed by atoms with Gasteiger partial charge in [-0.2, -0.15) is 8.42 Å². The van der Waals surface area contributed by atoms with E-state index in [4.69, 9.17) is 4.18 Å². The molecule has 1 aliphatic heterocycles. The Labute approximate surface area is 112 Å². The molecule has 1 amide bonds. The Kier molecular flexibility index (Phi) is 4.39. The molecule has 19 heavy (non-hydrogen) atoms. The number of benzene rings is 1. The summed E-state index contributed by atoms with van der Waals surface area (Å²) in [7, 11) is -3.62. The molecule has 1 aromatic carbocycles. The van der Waals surface area contributed by atoms with E-state index < -0.39 is 10.1 Å². The predicted molar refractivity (Wildman–Crippen MR) is 70.3 cm³/mol. The Morgan fingerprint density at radius 3 is 2.68 bits per heavy atom. The van der Waals surface area contributed by atoms with Crippen LogP contribution in [0.1, 0.15) is 0 Å². The Morgan fingerprint density at radius 1 is 1.26 bits per heavy atom. The first kappa shape index (κ1) is 13.8. The lowest BCUT2D eigenvalue weighted by Crippen LogP contribution is -2.48. The minimum absolute atomic E-state index is 0.0763. The van der Waals surface area contributed by atoms with Crippen molar-refractivity contribution in [1.29, 1.82) is 0 Å². The number of piperazine rings is 1. The normalized spacial score (nSPS) is 16.9. The second-order valence-electron chi connectivity index (χ2n) is 4.28. The van der Waals surface area contributed by atoms with Gasteiger partial charge >= 0.3 is 10.1 Å². The van der Waals surface area contributed by atoms with Gasteiger partial charge in [-0.3, -0.25) is 9.69 Å². The number of carbonyl (C=O) groups excluding carboxylic acids is 1. The number of amides is 1. The Bertz CT molecular complexity index is 530. The topological polar surface area (TPSA) is 75.7 Å². The van der Waals surface area contributed by atoms with Crippen LogP contribution in [0.2, 0.25) is 0 Å². The molecule has 0 aromatic heterocycles. The summed E-state index contributed by atoms with van der Waals surface area (Å²) in [6.07, 6.45) is 0. The molecule has 0 saturated carbocycles. The molecule has 1 saturated heterocycles. The molecule has 0 bridgehead atoms. The van der Waals surface area contributed by atoms with Gasteiger partial charge in [0.1, 0.15) is 5.75 Å². The van der Waals surface area contributed by atoms with E-state index in [1.54, 1.807) is 35.2 Å². The standard InChI is InChI=1S/C12H16N2O4S/c15-12-10-14(7-6-13-12)8-9-19(16,17)18-11-4-2-1-3-5-11/h1-5H,6-10H2,(H,13,15). The van der Waals surface area contributed by atoms with Crippen molar-refractivity contribution in [2.75, 3.05) is 31.9 Å². The van der Waals surface area contributed by atoms with Crippen LogP contribution in [-0.4, -0.2) is 51.2 Å². The van der Waals surface area contributed by atoms with Crippen molar-refractivity contribution in [3.63, 3.8) is 0 Å². The van der Waals surface area contributed by atoms with Gasteiger partial charge in [0, 0.05) is 19.6 Å². The Hall–Kier alpha value is -1.60. The monoisotopic (exact) mass is 284 g/mol. The summed E-state index contributed by atoms with van der Waals surface area (Å²) < 4.78 is 28.5. The van der Waals surface area contributed by atoms with Gasteiger partial charge in [0.2, 0.25) is 5.91 Å². The third-order valence-corrected chi connectivity index (χ3v) is 3.87. The molecule has 6 nitrogen and oxygen atoms in total. The zero-order valence-corrected chi connectivity index (χ0v) is 11.2. The molecule has 0 unspecified atom stereocenters. The number of para-hydroxylation sites is 1. The molecule has 1 heterocycles. The highest BCUT2D eigenvalue weighted by molar-refractivity contribution is 7.87. The predicted octanol–water partition coefficient (Wildman–Crippen LogP) is -0.173. The van der Waals surface area contributed by atoms with Crippen LogP contribution < -0.4 is 9.50 Å². The van der Waals surface area contributed by atoms with E-state index in [1.807, 2.05) is 0 Å². The first-order valence-corrected chi connectivity index (χ1v) is 7.59. The van der Waals surface area contributed by atoms with Gasteiger partial charge in [0.15, 0.2) is 0 Å². The van der Waals surface area contributed by atoms with Crippen molar-refractivity contribution in [2.24, 2.45) is 0 Å². The van der Waals surface area contributed by atoms with Crippen LogP contribution >= 0.6 is 0 Å². The summed E-state index contributed by atoms with van der Waals surface area (Å²) in [5.74, 6) is 0.0985. The van der Waals surface area contributed by atoms with Crippen LogP contribution in [0.25, 0.3) is 0 Å². The van der Waals surface area contributed by atoms with Crippen LogP contribution in [-0.2, 0) is 14.9 Å². The summed E-state index contributed by atoms with van der Waals surface area (Å²) in [6, 6.07) is 8.38. The summed E-state index contributed by atoms with van der Waals surface area (Å²) in [4.78, 5) is 13.0. The molecule has 2 rings (SSSR count). The molecule has 1 N–H and O–H groups in total. The van der Waals surface area contributed by atoms with Gasteiger partial charge in [-0.15, -0.1) is 0 Å². The molecule has 1 aromatic rings. The van der Waals surface area contributed by atoms with E-state index in [9.17, 15) is 13.2 Å². The maximum absolute atomic E-state index is 11.8. The van der Waals surface area contributed by atoms with Gasteiger partial charge in [-0.25, -0.2) is 0 Å². The van der Waals surface area contributed by atoms with Crippen LogP contribution in [0.3, 0.4) is 0 Å². The molecular weight excluding hydrogens is 268 g/mol. The van der Waals surface area contributed by atoms with E-state index in [1.165, 1.54) is 0 Å². The summed E-state index contributed by atoms with van der Waals surface area (Å²) in [5, 5.41) is 2.69. The van der Waals surface area contributed by atoms with Crippen LogP contribution in [0, 0.1) is 0 Å². The number of nitrogens with zero attached hydrogens (tertiary/aromatic N) is 1. The molecule has 104 valence electrons. The van der Waals surface area contributed by atoms with Crippen molar-refractivity contribution in [1.82, 2.24) is 10.2 Å². The maximum atomic E-state index is 11.8. The number of hydrogen-bond acceptors (Lipinski definition) is 5. The molecule has 0 aliphatic carbocycles. The summed E-state index contributed by atoms with van der Waals surface area (Å²) in [5.41, 5.74) is 0. The zero-order valence-electron chi connectivity index (χ0n) is 10.4. The molecule has 1 fully saturated rings. The van der Waals surface area contributed by atoms with Crippen LogP contribution in [0.5, 0.6) is 5.75 Å². The quantitative estimate of drug-likeness (QED) is 0.760. The highest BCUT2D eigenvalue weighted by atomic mass is 32.2. The van der Waals surface area contributed by atoms with Crippen LogP contribution in [0.4, 0.5) is 0 Å². The van der Waals surface area contributed by atoms with E-state index in [0.717, 1.165) is 0 Å². The highest BCUT2D eigenvalue weighted by Gasteiger charge is 2.20. The first-order valence-electron chi connectivity index (χ1n) is 6.01. The minimum atomic E-state index is -3.62. The molecular formula is C12H16N2O4S. The zero-order chi connectivity index (χ0) is 13.7. The fourth-order valence-electron chi connectivity index (χ4n) is 1.79. The van der Waals surface area contributed by atoms with Gasteiger partial charge in [0.25, 0.3) is 0 Å². The first-order chi connectivity index (χ1) is 9.05. The van der Waals surface area contributed by atoms with E-state index in [2.05, 4.69) is 5.32 Å². The van der Waals surface area contributed by atoms with Gasteiger partial charge < -0.3 is 9.50 Å². The molecule has 7 heteroatoms. The average Bonchev–Trinajstić information content (AvgIpc) is 2.37. The minimum Gasteiger partial charge on any atom is -0.382 e. The third-order valence-electron chi connectivity index (χ3n) is 2.74. The van der Waals surface area contributed by atoms with Crippen molar-refractivity contribution < 1.29 is 17.4 Å². The van der Waals surface area contributed by atoms with Crippen molar-refractivity contribution >= 4 is 16.0 Å². The number of carbonyl (C=O) groups is 1. The fraction of sp³-hybridized carbons (Fsp3) is 0.417. The van der Waals surface area contributed by atoms with Crippen molar-refractivity contribution in [2.45, 2.75) is 0 Å². The Morgan fingerprint density at radius 2 is 2.00 bits per heavy atom. The second-order valence-corrected chi connectivity index (χ2v) is 5.97. The second kappa shape index (κ2) is 6.03. The fourth-order valence-corrected chi connectivity index (χ4v) is 2.76. The number of nitrogens with one attached hydrogen (secondary N) is 1. The molecule has 0 spiro atoms. The van der Waals surface area contributed by atoms with Crippen molar-refractivity contribution in [3.05, 3.63) is 30.3 Å². The van der Waals surface area contributed by atoms with Crippen molar-refractivity contribution in [3.8, 4) is 5.75 Å². The lowest BCUT2D eigenvalue weighted by molar-refractivity contribution is -0.124. The lowest BCUT2D eigenvalue weighted by atomic mass is 10.3. The maximum Gasteiger partial charge on any atom is 0.310 e. The van der Waals surface area contributed by atoms with E-state index in [-0.39, 0.29) is 18.2 Å². The summed E-state index contributed by atoms with van der Waals surface area (Å²) >= 11 is 0. The van der Waals surface area contributed by atoms with E-state index >= 15 is 0 Å². The van der Waals surface area contributed by atoms with E-state index in [0.29, 0.717) is 25.4 Å². The molecule has 0 radical (unpaired) electrons. The summed E-state index contributed by atoms with van der Waals surface area (Å²) in [6.45, 7) is 1.74. The average molecular weight is 284 g/mol. The number of hydrogen-bond donors (Lipinski definition) is 1. The van der Waals surface area contributed by atoms with Gasteiger partial charge in [-0.05, 0) is 12.1 Å². The van der Waals surface area contributed by atoms with Gasteiger partial charge in [0.05, 0.1) is 12.3 Å². The molecule has 1 aliphatic rings. The lowest BCUT2D eigenvalue weighted by Gasteiger charge is -2.25. The van der Waals surface area contributed by atoms with Gasteiger partial charge in [-0.1, -0.05) is 18.2 Å². The smallest absolute Gasteiger partial charge is 0.310 e. The van der Waals surface area contributed by atoms with Crippen LogP contribution in [0.15, 0.2) is 30.3 Å².